The molecule has 0 bridgehead atoms. The SMILES string of the molecule is CCCN(CCC)c1ncnc(N(C)OCC(C)C)n1.O=S(=O)(O)O. The molecule has 146 valence electrons. The van der Waals surface area contributed by atoms with Gasteiger partial charge in [0.1, 0.15) is 6.33 Å². The molecule has 2 N–H and O–H groups in total. The van der Waals surface area contributed by atoms with Gasteiger partial charge in [-0.2, -0.15) is 18.4 Å². The second kappa shape index (κ2) is 11.9. The van der Waals surface area contributed by atoms with E-state index in [2.05, 4.69) is 47.5 Å². The van der Waals surface area contributed by atoms with Gasteiger partial charge in [0, 0.05) is 20.1 Å². The van der Waals surface area contributed by atoms with Crippen molar-refractivity contribution < 1.29 is 22.4 Å². The molecule has 0 aromatic carbocycles. The number of rotatable bonds is 9. The quantitative estimate of drug-likeness (QED) is 0.484. The highest BCUT2D eigenvalue weighted by molar-refractivity contribution is 7.79. The van der Waals surface area contributed by atoms with Crippen molar-refractivity contribution in [3.63, 3.8) is 0 Å². The molecule has 0 saturated heterocycles. The predicted octanol–water partition coefficient (Wildman–Crippen LogP) is 1.87. The molecule has 0 amide bonds. The smallest absolute Gasteiger partial charge is 0.341 e. The molecule has 0 fully saturated rings. The fourth-order valence-electron chi connectivity index (χ4n) is 1.75. The second-order valence-corrected chi connectivity index (χ2v) is 6.60. The monoisotopic (exact) mass is 379 g/mol. The molecule has 0 spiro atoms. The summed E-state index contributed by atoms with van der Waals surface area (Å²) in [4.78, 5) is 20.7. The molecule has 0 unspecified atom stereocenters. The Hall–Kier alpha value is -1.56. The number of nitrogens with zero attached hydrogens (tertiary/aromatic N) is 5. The molecule has 1 rings (SSSR count). The van der Waals surface area contributed by atoms with E-state index in [-0.39, 0.29) is 0 Å². The molecule has 0 radical (unpaired) electrons. The Labute approximate surface area is 149 Å². The molecular formula is C14H29N5O5S. The van der Waals surface area contributed by atoms with E-state index < -0.39 is 10.4 Å². The van der Waals surface area contributed by atoms with Crippen molar-refractivity contribution in [2.75, 3.05) is 36.7 Å². The lowest BCUT2D eigenvalue weighted by Gasteiger charge is -2.23. The Morgan fingerprint density at radius 1 is 1.12 bits per heavy atom. The molecule has 0 atom stereocenters. The highest BCUT2D eigenvalue weighted by atomic mass is 32.3. The molecule has 25 heavy (non-hydrogen) atoms. The number of hydrogen-bond acceptors (Lipinski definition) is 8. The average molecular weight is 379 g/mol. The minimum absolute atomic E-state index is 0.468. The first-order valence-corrected chi connectivity index (χ1v) is 9.48. The zero-order valence-corrected chi connectivity index (χ0v) is 16.3. The zero-order chi connectivity index (χ0) is 19.5. The van der Waals surface area contributed by atoms with Gasteiger partial charge in [-0.1, -0.05) is 27.7 Å². The first-order valence-electron chi connectivity index (χ1n) is 8.08. The van der Waals surface area contributed by atoms with Crippen LogP contribution in [0.5, 0.6) is 0 Å². The van der Waals surface area contributed by atoms with Crippen molar-refractivity contribution in [1.82, 2.24) is 15.0 Å². The van der Waals surface area contributed by atoms with Crippen LogP contribution >= 0.6 is 0 Å². The molecule has 1 heterocycles. The third-order valence-corrected chi connectivity index (χ3v) is 2.70. The van der Waals surface area contributed by atoms with E-state index in [0.29, 0.717) is 18.5 Å². The van der Waals surface area contributed by atoms with Gasteiger partial charge in [0.2, 0.25) is 5.95 Å². The van der Waals surface area contributed by atoms with Crippen LogP contribution in [0.15, 0.2) is 6.33 Å². The summed E-state index contributed by atoms with van der Waals surface area (Å²) in [6.07, 6.45) is 3.69. The van der Waals surface area contributed by atoms with Crippen LogP contribution in [0.4, 0.5) is 11.9 Å². The van der Waals surface area contributed by atoms with Gasteiger partial charge in [-0.25, -0.2) is 10.0 Å². The van der Waals surface area contributed by atoms with Gasteiger partial charge in [-0.15, -0.1) is 0 Å². The molecule has 10 nitrogen and oxygen atoms in total. The van der Waals surface area contributed by atoms with Crippen LogP contribution in [0, 0.1) is 5.92 Å². The Kier molecular flexibility index (Phi) is 11.2. The second-order valence-electron chi connectivity index (χ2n) is 5.71. The van der Waals surface area contributed by atoms with E-state index in [1.807, 2.05) is 7.05 Å². The van der Waals surface area contributed by atoms with Crippen molar-refractivity contribution >= 4 is 22.3 Å². The van der Waals surface area contributed by atoms with E-state index in [1.54, 1.807) is 11.4 Å². The Morgan fingerprint density at radius 2 is 1.60 bits per heavy atom. The summed E-state index contributed by atoms with van der Waals surface area (Å²) in [5.74, 6) is 1.74. The van der Waals surface area contributed by atoms with Gasteiger partial charge in [-0.3, -0.25) is 13.9 Å². The standard InChI is InChI=1S/C14H27N5O.H2O4S/c1-6-8-19(9-7-2)14-16-11-15-13(17-14)18(5)20-10-12(3)4;1-5(2,3)4/h11-12H,6-10H2,1-5H3;(H2,1,2,3,4). The summed E-state index contributed by atoms with van der Waals surface area (Å²) in [5, 5.41) is 1.61. The van der Waals surface area contributed by atoms with E-state index >= 15 is 0 Å². The summed E-state index contributed by atoms with van der Waals surface area (Å²) in [6, 6.07) is 0. The Balaban J connectivity index is 0.00000101. The highest BCUT2D eigenvalue weighted by Gasteiger charge is 2.12. The van der Waals surface area contributed by atoms with Crippen molar-refractivity contribution in [1.29, 1.82) is 0 Å². The first kappa shape index (κ1) is 23.4. The van der Waals surface area contributed by atoms with E-state index in [9.17, 15) is 0 Å². The van der Waals surface area contributed by atoms with Gasteiger partial charge in [-0.05, 0) is 18.8 Å². The van der Waals surface area contributed by atoms with Gasteiger partial charge in [0.15, 0.2) is 0 Å². The van der Waals surface area contributed by atoms with Crippen molar-refractivity contribution in [2.24, 2.45) is 5.92 Å². The van der Waals surface area contributed by atoms with Crippen molar-refractivity contribution in [3.05, 3.63) is 6.33 Å². The lowest BCUT2D eigenvalue weighted by Crippen LogP contribution is -2.29. The molecule has 11 heteroatoms. The number of aromatic nitrogens is 3. The summed E-state index contributed by atoms with van der Waals surface area (Å²) in [7, 11) is -2.84. The lowest BCUT2D eigenvalue weighted by atomic mass is 10.2. The minimum atomic E-state index is -4.67. The molecule has 1 aromatic rings. The highest BCUT2D eigenvalue weighted by Crippen LogP contribution is 2.12. The molecule has 0 aliphatic heterocycles. The van der Waals surface area contributed by atoms with Crippen LogP contribution in [0.3, 0.4) is 0 Å². The van der Waals surface area contributed by atoms with Gasteiger partial charge in [0.25, 0.3) is 5.95 Å². The van der Waals surface area contributed by atoms with Gasteiger partial charge < -0.3 is 4.90 Å². The third kappa shape index (κ3) is 12.5. The number of hydroxylamine groups is 1. The molecule has 0 aliphatic rings. The molecule has 0 saturated carbocycles. The molecule has 1 aromatic heterocycles. The summed E-state index contributed by atoms with van der Waals surface area (Å²) in [6.45, 7) is 11.1. The Bertz CT molecular complexity index is 571. The van der Waals surface area contributed by atoms with Crippen LogP contribution in [-0.4, -0.2) is 59.2 Å². The first-order chi connectivity index (χ1) is 11.6. The number of anilines is 2. The van der Waals surface area contributed by atoms with E-state index in [0.717, 1.165) is 31.9 Å². The summed E-state index contributed by atoms with van der Waals surface area (Å²) in [5.41, 5.74) is 0. The maximum Gasteiger partial charge on any atom is 0.394 e. The van der Waals surface area contributed by atoms with Crippen molar-refractivity contribution in [3.8, 4) is 0 Å². The van der Waals surface area contributed by atoms with Gasteiger partial charge in [0.05, 0.1) is 6.61 Å². The predicted molar refractivity (Wildman–Crippen MR) is 96.0 cm³/mol. The molecule has 0 aliphatic carbocycles. The van der Waals surface area contributed by atoms with Crippen LogP contribution in [0.2, 0.25) is 0 Å². The van der Waals surface area contributed by atoms with Crippen molar-refractivity contribution in [2.45, 2.75) is 40.5 Å². The largest absolute Gasteiger partial charge is 0.394 e. The van der Waals surface area contributed by atoms with Crippen LogP contribution < -0.4 is 9.96 Å². The van der Waals surface area contributed by atoms with E-state index in [4.69, 9.17) is 22.4 Å². The fraction of sp³-hybridized carbons (Fsp3) is 0.786. The summed E-state index contributed by atoms with van der Waals surface area (Å²) < 4.78 is 31.6. The fourth-order valence-corrected chi connectivity index (χ4v) is 1.75. The topological polar surface area (TPSA) is 129 Å². The normalized spacial score (nSPS) is 11.0. The average Bonchev–Trinajstić information content (AvgIpc) is 2.51. The third-order valence-electron chi connectivity index (χ3n) is 2.70. The molecular weight excluding hydrogens is 350 g/mol. The maximum atomic E-state index is 8.74. The lowest BCUT2D eigenvalue weighted by molar-refractivity contribution is 0.0949. The Morgan fingerprint density at radius 3 is 2.04 bits per heavy atom. The van der Waals surface area contributed by atoms with Crippen LogP contribution in [0.25, 0.3) is 0 Å². The number of hydrogen-bond donors (Lipinski definition) is 2. The maximum absolute atomic E-state index is 8.74. The van der Waals surface area contributed by atoms with Gasteiger partial charge >= 0.3 is 10.4 Å². The minimum Gasteiger partial charge on any atom is -0.341 e. The summed E-state index contributed by atoms with van der Waals surface area (Å²) >= 11 is 0. The zero-order valence-electron chi connectivity index (χ0n) is 15.5. The van der Waals surface area contributed by atoms with Crippen LogP contribution in [-0.2, 0) is 15.2 Å². The van der Waals surface area contributed by atoms with Crippen LogP contribution in [0.1, 0.15) is 40.5 Å². The van der Waals surface area contributed by atoms with E-state index in [1.165, 1.54) is 0 Å².